The van der Waals surface area contributed by atoms with Crippen LogP contribution in [0.15, 0.2) is 30.6 Å². The molecule has 0 bridgehead atoms. The molecule has 0 aliphatic carbocycles. The highest BCUT2D eigenvalue weighted by atomic mass is 32.1. The van der Waals surface area contributed by atoms with Gasteiger partial charge in [0.05, 0.1) is 10.9 Å². The first-order chi connectivity index (χ1) is 9.56. The predicted octanol–water partition coefficient (Wildman–Crippen LogP) is 2.06. The summed E-state index contributed by atoms with van der Waals surface area (Å²) in [6, 6.07) is 3.14. The highest BCUT2D eigenvalue weighted by Crippen LogP contribution is 2.19. The summed E-state index contributed by atoms with van der Waals surface area (Å²) in [5.41, 5.74) is 0. The lowest BCUT2D eigenvalue weighted by atomic mass is 10.3. The van der Waals surface area contributed by atoms with Crippen LogP contribution in [0, 0.1) is 0 Å². The minimum atomic E-state index is -1.02. The molecule has 104 valence electrons. The second kappa shape index (κ2) is 6.16. The molecule has 2 heterocycles. The number of rotatable bonds is 5. The summed E-state index contributed by atoms with van der Waals surface area (Å²) in [5, 5.41) is 11.4. The van der Waals surface area contributed by atoms with Crippen molar-refractivity contribution in [2.24, 2.45) is 0 Å². The molecule has 0 saturated heterocycles. The van der Waals surface area contributed by atoms with Gasteiger partial charge in [0.1, 0.15) is 5.82 Å². The molecule has 1 unspecified atom stereocenters. The average molecular weight is 291 g/mol. The first-order valence-electron chi connectivity index (χ1n) is 5.87. The highest BCUT2D eigenvalue weighted by molar-refractivity contribution is 7.14. The quantitative estimate of drug-likeness (QED) is 0.735. The Morgan fingerprint density at radius 2 is 2.30 bits per heavy atom. The van der Waals surface area contributed by atoms with Gasteiger partial charge >= 0.3 is 5.97 Å². The van der Waals surface area contributed by atoms with E-state index in [0.717, 1.165) is 6.08 Å². The molecule has 1 atom stereocenters. The van der Waals surface area contributed by atoms with Crippen molar-refractivity contribution in [3.8, 4) is 0 Å². The number of aromatic nitrogens is 2. The van der Waals surface area contributed by atoms with Gasteiger partial charge < -0.3 is 15.4 Å². The van der Waals surface area contributed by atoms with Crippen LogP contribution in [0.3, 0.4) is 0 Å². The zero-order valence-corrected chi connectivity index (χ0v) is 11.5. The SMILES string of the molecule is CC(NC(=O)c1ccc(/C=C/C(=O)O)s1)c1ncc[nH]1. The fourth-order valence-corrected chi connectivity index (χ4v) is 2.38. The summed E-state index contributed by atoms with van der Waals surface area (Å²) in [7, 11) is 0. The first kappa shape index (κ1) is 14.0. The lowest BCUT2D eigenvalue weighted by Gasteiger charge is -2.10. The fourth-order valence-electron chi connectivity index (χ4n) is 1.57. The van der Waals surface area contributed by atoms with E-state index in [4.69, 9.17) is 5.11 Å². The van der Waals surface area contributed by atoms with Crippen LogP contribution in [0.2, 0.25) is 0 Å². The highest BCUT2D eigenvalue weighted by Gasteiger charge is 2.14. The van der Waals surface area contributed by atoms with Crippen LogP contribution in [0.4, 0.5) is 0 Å². The van der Waals surface area contributed by atoms with E-state index in [1.165, 1.54) is 17.4 Å². The standard InChI is InChI=1S/C13H13N3O3S/c1-8(12-14-6-7-15-12)16-13(19)10-4-2-9(20-10)3-5-11(17)18/h2-8H,1H3,(H,14,15)(H,16,19)(H,17,18)/b5-3+. The largest absolute Gasteiger partial charge is 0.478 e. The Bertz CT molecular complexity index is 631. The lowest BCUT2D eigenvalue weighted by molar-refractivity contribution is -0.131. The van der Waals surface area contributed by atoms with E-state index >= 15 is 0 Å². The number of carboxylic acids is 1. The van der Waals surface area contributed by atoms with E-state index in [1.807, 2.05) is 6.92 Å². The van der Waals surface area contributed by atoms with Crippen molar-refractivity contribution < 1.29 is 14.7 Å². The number of nitrogens with one attached hydrogen (secondary N) is 2. The zero-order chi connectivity index (χ0) is 14.5. The van der Waals surface area contributed by atoms with Gasteiger partial charge in [-0.15, -0.1) is 11.3 Å². The molecular formula is C13H13N3O3S. The Labute approximate surface area is 119 Å². The van der Waals surface area contributed by atoms with E-state index in [1.54, 1.807) is 24.5 Å². The first-order valence-corrected chi connectivity index (χ1v) is 6.69. The number of carboxylic acid groups (broad SMARTS) is 1. The minimum absolute atomic E-state index is 0.214. The number of amides is 1. The van der Waals surface area contributed by atoms with Crippen LogP contribution < -0.4 is 5.32 Å². The maximum atomic E-state index is 12.0. The van der Waals surface area contributed by atoms with Gasteiger partial charge in [0.15, 0.2) is 0 Å². The lowest BCUT2D eigenvalue weighted by Crippen LogP contribution is -2.26. The number of carbonyl (C=O) groups excluding carboxylic acids is 1. The maximum absolute atomic E-state index is 12.0. The van der Waals surface area contributed by atoms with Crippen molar-refractivity contribution in [3.63, 3.8) is 0 Å². The van der Waals surface area contributed by atoms with Crippen molar-refractivity contribution in [1.29, 1.82) is 0 Å². The van der Waals surface area contributed by atoms with Crippen LogP contribution in [0.1, 0.15) is 33.3 Å². The molecule has 2 rings (SSSR count). The predicted molar refractivity (Wildman–Crippen MR) is 75.5 cm³/mol. The third-order valence-corrected chi connectivity index (χ3v) is 3.57. The third-order valence-electron chi connectivity index (χ3n) is 2.52. The summed E-state index contributed by atoms with van der Waals surface area (Å²) < 4.78 is 0. The van der Waals surface area contributed by atoms with Gasteiger partial charge in [-0.2, -0.15) is 0 Å². The number of H-pyrrole nitrogens is 1. The number of aliphatic carboxylic acids is 1. The maximum Gasteiger partial charge on any atom is 0.328 e. The molecule has 7 heteroatoms. The molecule has 20 heavy (non-hydrogen) atoms. The van der Waals surface area contributed by atoms with E-state index in [9.17, 15) is 9.59 Å². The van der Waals surface area contributed by atoms with E-state index < -0.39 is 5.97 Å². The van der Waals surface area contributed by atoms with Gasteiger partial charge in [-0.05, 0) is 25.1 Å². The molecule has 0 aliphatic rings. The molecule has 0 fully saturated rings. The molecular weight excluding hydrogens is 278 g/mol. The molecule has 3 N–H and O–H groups in total. The van der Waals surface area contributed by atoms with Gasteiger partial charge in [0, 0.05) is 23.3 Å². The smallest absolute Gasteiger partial charge is 0.328 e. The molecule has 0 saturated carbocycles. The summed E-state index contributed by atoms with van der Waals surface area (Å²) in [5.74, 6) is -0.550. The molecule has 0 spiro atoms. The fraction of sp³-hybridized carbons (Fsp3) is 0.154. The molecule has 2 aromatic heterocycles. The van der Waals surface area contributed by atoms with Crippen molar-refractivity contribution in [2.45, 2.75) is 13.0 Å². The normalized spacial score (nSPS) is 12.4. The van der Waals surface area contributed by atoms with Gasteiger partial charge in [-0.25, -0.2) is 9.78 Å². The number of hydrogen-bond donors (Lipinski definition) is 3. The number of imidazole rings is 1. The van der Waals surface area contributed by atoms with Crippen LogP contribution in [-0.4, -0.2) is 27.0 Å². The Morgan fingerprint density at radius 1 is 1.50 bits per heavy atom. The monoisotopic (exact) mass is 291 g/mol. The summed E-state index contributed by atoms with van der Waals surface area (Å²) >= 11 is 1.23. The van der Waals surface area contributed by atoms with Gasteiger partial charge in [0.25, 0.3) is 5.91 Å². The summed E-state index contributed by atoms with van der Waals surface area (Å²) in [6.07, 6.45) is 5.81. The number of carbonyl (C=O) groups is 2. The van der Waals surface area contributed by atoms with Crippen LogP contribution >= 0.6 is 11.3 Å². The molecule has 0 aliphatic heterocycles. The molecule has 1 amide bonds. The number of thiophene rings is 1. The second-order valence-corrected chi connectivity index (χ2v) is 5.16. The Balaban J connectivity index is 2.01. The number of nitrogens with zero attached hydrogens (tertiary/aromatic N) is 1. The number of hydrogen-bond acceptors (Lipinski definition) is 4. The molecule has 2 aromatic rings. The molecule has 6 nitrogen and oxygen atoms in total. The van der Waals surface area contributed by atoms with E-state index in [2.05, 4.69) is 15.3 Å². The Hall–Kier alpha value is -2.41. The third kappa shape index (κ3) is 3.55. The van der Waals surface area contributed by atoms with Crippen LogP contribution in [0.25, 0.3) is 6.08 Å². The van der Waals surface area contributed by atoms with Crippen LogP contribution in [-0.2, 0) is 4.79 Å². The molecule has 0 radical (unpaired) electrons. The van der Waals surface area contributed by atoms with Gasteiger partial charge in [-0.1, -0.05) is 0 Å². The summed E-state index contributed by atoms with van der Waals surface area (Å²) in [4.78, 5) is 30.7. The zero-order valence-electron chi connectivity index (χ0n) is 10.7. The van der Waals surface area contributed by atoms with Crippen molar-refractivity contribution >= 4 is 29.3 Å². The summed E-state index contributed by atoms with van der Waals surface area (Å²) in [6.45, 7) is 1.83. The average Bonchev–Trinajstić information content (AvgIpc) is 3.07. The van der Waals surface area contributed by atoms with Crippen molar-refractivity contribution in [2.75, 3.05) is 0 Å². The van der Waals surface area contributed by atoms with Crippen molar-refractivity contribution in [1.82, 2.24) is 15.3 Å². The van der Waals surface area contributed by atoms with Gasteiger partial charge in [-0.3, -0.25) is 4.79 Å². The van der Waals surface area contributed by atoms with E-state index in [-0.39, 0.29) is 11.9 Å². The Morgan fingerprint density at radius 3 is 2.95 bits per heavy atom. The van der Waals surface area contributed by atoms with Gasteiger partial charge in [0.2, 0.25) is 0 Å². The van der Waals surface area contributed by atoms with Crippen LogP contribution in [0.5, 0.6) is 0 Å². The van der Waals surface area contributed by atoms with E-state index in [0.29, 0.717) is 15.6 Å². The molecule has 0 aromatic carbocycles. The Kier molecular flexibility index (Phi) is 4.31. The second-order valence-electron chi connectivity index (χ2n) is 4.04. The van der Waals surface area contributed by atoms with Crippen molar-refractivity contribution in [3.05, 3.63) is 46.2 Å². The minimum Gasteiger partial charge on any atom is -0.478 e. The number of aromatic amines is 1. The topological polar surface area (TPSA) is 95.1 Å².